The second kappa shape index (κ2) is 3.86. The molecule has 0 unspecified atom stereocenters. The molecule has 1 rings (SSSR count). The van der Waals surface area contributed by atoms with E-state index in [0.29, 0.717) is 4.47 Å². The van der Waals surface area contributed by atoms with E-state index in [9.17, 15) is 0 Å². The molecular formula is C9H12BrN. The van der Waals surface area contributed by atoms with Crippen molar-refractivity contribution in [2.24, 2.45) is 5.89 Å². The van der Waals surface area contributed by atoms with Gasteiger partial charge < -0.3 is 0 Å². The zero-order valence-electron chi connectivity index (χ0n) is 14.6. The highest BCUT2D eigenvalue weighted by Crippen LogP contribution is 2.10. The molecule has 1 heterocycles. The summed E-state index contributed by atoms with van der Waals surface area (Å²) in [5, 5.41) is 0. The molecule has 0 N–H and O–H groups in total. The molecule has 0 saturated heterocycles. The predicted octanol–water partition coefficient (Wildman–Crippen LogP) is 3.04. The second-order valence-electron chi connectivity index (χ2n) is 1.86. The third-order valence-corrected chi connectivity index (χ3v) is 1.45. The van der Waals surface area contributed by atoms with Gasteiger partial charge in [-0.3, -0.25) is 4.98 Å². The summed E-state index contributed by atoms with van der Waals surface area (Å²) in [7, 11) is 0. The smallest absolute Gasteiger partial charge is 0.0413 e. The first kappa shape index (κ1) is 2.56. The van der Waals surface area contributed by atoms with Crippen molar-refractivity contribution >= 4 is 15.9 Å². The maximum Gasteiger partial charge on any atom is 0.0413 e. The summed E-state index contributed by atoms with van der Waals surface area (Å²) >= 11 is 3.09. The lowest BCUT2D eigenvalue weighted by Gasteiger charge is -2.02. The van der Waals surface area contributed by atoms with Crippen LogP contribution in [-0.4, -0.2) is 4.98 Å². The van der Waals surface area contributed by atoms with Gasteiger partial charge in [-0.05, 0) is 40.3 Å². The van der Waals surface area contributed by atoms with E-state index in [0.717, 1.165) is 6.07 Å². The van der Waals surface area contributed by atoms with Crippen molar-refractivity contribution in [2.75, 3.05) is 0 Å². The van der Waals surface area contributed by atoms with Crippen LogP contribution in [0.3, 0.4) is 0 Å². The van der Waals surface area contributed by atoms with Crippen LogP contribution in [0.25, 0.3) is 0 Å². The van der Waals surface area contributed by atoms with E-state index >= 15 is 0 Å². The van der Waals surface area contributed by atoms with Crippen LogP contribution in [0, 0.1) is 5.89 Å². The molecule has 0 spiro atoms. The molecule has 0 saturated carbocycles. The summed E-state index contributed by atoms with van der Waals surface area (Å²) in [5.41, 5.74) is -0.414. The van der Waals surface area contributed by atoms with E-state index < -0.39 is 31.7 Å². The number of nitrogens with zero attached hydrogens (tertiary/aromatic N) is 1. The average Bonchev–Trinajstić information content (AvgIpc) is 2.25. The topological polar surface area (TPSA) is 12.9 Å². The number of aromatic nitrogens is 1. The first-order valence-corrected chi connectivity index (χ1v) is 3.66. The Balaban J connectivity index is 3.51. The van der Waals surface area contributed by atoms with Crippen LogP contribution in [0.4, 0.5) is 0 Å². The number of hydrogen-bond acceptors (Lipinski definition) is 1. The number of hydrogen-bond donors (Lipinski definition) is 0. The lowest BCUT2D eigenvalue weighted by molar-refractivity contribution is 0.635. The Morgan fingerprint density at radius 3 is 3.18 bits per heavy atom. The molecule has 60 valence electrons. The molecule has 0 atom stereocenters. The molecule has 2 heteroatoms. The van der Waals surface area contributed by atoms with Crippen molar-refractivity contribution in [3.05, 3.63) is 28.5 Å². The van der Waals surface area contributed by atoms with Crippen molar-refractivity contribution in [3.63, 3.8) is 0 Å². The van der Waals surface area contributed by atoms with E-state index in [4.69, 9.17) is 12.3 Å². The molecule has 0 amide bonds. The summed E-state index contributed by atoms with van der Waals surface area (Å²) in [6, 6.07) is 2.56. The highest BCUT2D eigenvalue weighted by Gasteiger charge is 1.97. The maximum atomic E-state index is 7.88. The third-order valence-electron chi connectivity index (χ3n) is 0.980. The Morgan fingerprint density at radius 2 is 2.64 bits per heavy atom. The van der Waals surface area contributed by atoms with Gasteiger partial charge in [-0.25, -0.2) is 0 Å². The zero-order chi connectivity index (χ0) is 16.0. The van der Waals surface area contributed by atoms with Gasteiger partial charge in [-0.2, -0.15) is 0 Å². The Morgan fingerprint density at radius 1 is 1.82 bits per heavy atom. The van der Waals surface area contributed by atoms with E-state index in [1.807, 2.05) is 0 Å². The fourth-order valence-corrected chi connectivity index (χ4v) is 0.812. The van der Waals surface area contributed by atoms with E-state index in [1.54, 1.807) is 0 Å². The first-order chi connectivity index (χ1) is 8.75. The number of rotatable bonds is 2. The van der Waals surface area contributed by atoms with Crippen molar-refractivity contribution < 1.29 is 12.3 Å². The normalized spacial score (nSPS) is 27.2. The van der Waals surface area contributed by atoms with Gasteiger partial charge in [0.05, 0.1) is 0 Å². The minimum absolute atomic E-state index is 0.414. The van der Waals surface area contributed by atoms with Crippen molar-refractivity contribution in [2.45, 2.75) is 20.1 Å². The molecule has 11 heavy (non-hydrogen) atoms. The molecule has 0 radical (unpaired) electrons. The van der Waals surface area contributed by atoms with Gasteiger partial charge in [0.15, 0.2) is 0 Å². The van der Waals surface area contributed by atoms with Crippen LogP contribution in [0.5, 0.6) is 0 Å². The molecular weight excluding hydrogens is 202 g/mol. The fraction of sp³-hybridized carbons (Fsp3) is 0.444. The Labute approximate surface area is 88.6 Å². The summed E-state index contributed by atoms with van der Waals surface area (Å²) in [5.74, 6) is -3.33. The number of pyridine rings is 1. The van der Waals surface area contributed by atoms with Crippen LogP contribution >= 0.6 is 15.9 Å². The van der Waals surface area contributed by atoms with Gasteiger partial charge in [0.2, 0.25) is 0 Å². The van der Waals surface area contributed by atoms with Gasteiger partial charge in [0.25, 0.3) is 0 Å². The summed E-state index contributed by atoms with van der Waals surface area (Å²) < 4.78 is 67.9. The van der Waals surface area contributed by atoms with Gasteiger partial charge >= 0.3 is 0 Å². The largest absolute Gasteiger partial charge is 0.260 e. The summed E-state index contributed by atoms with van der Waals surface area (Å²) in [4.78, 5) is 3.70. The molecule has 0 aromatic carbocycles. The Hall–Kier alpha value is -0.370. The molecule has 0 aliphatic rings. The van der Waals surface area contributed by atoms with Crippen LogP contribution in [0.1, 0.15) is 31.7 Å². The monoisotopic (exact) mass is 222 g/mol. The molecule has 1 nitrogen and oxygen atoms in total. The Kier molecular flexibility index (Phi) is 0.898. The highest BCUT2D eigenvalue weighted by molar-refractivity contribution is 9.10. The lowest BCUT2D eigenvalue weighted by atomic mass is 10.1. The first-order valence-electron chi connectivity index (χ1n) is 7.37. The zero-order valence-corrected chi connectivity index (χ0v) is 7.14. The molecule has 1 aromatic heterocycles. The Bertz CT molecular complexity index is 462. The van der Waals surface area contributed by atoms with E-state index in [1.165, 1.54) is 12.3 Å². The van der Waals surface area contributed by atoms with Gasteiger partial charge in [-0.15, -0.1) is 0 Å². The lowest BCUT2D eigenvalue weighted by Crippen LogP contribution is -1.95. The minimum Gasteiger partial charge on any atom is -0.260 e. The number of halogens is 1. The third kappa shape index (κ3) is 3.02. The van der Waals surface area contributed by atoms with Crippen LogP contribution in [0.2, 0.25) is 0 Å². The molecule has 0 aliphatic heterocycles. The van der Waals surface area contributed by atoms with Crippen molar-refractivity contribution in [3.8, 4) is 0 Å². The molecule has 0 fully saturated rings. The molecule has 0 bridgehead atoms. The van der Waals surface area contributed by atoms with Crippen molar-refractivity contribution in [1.82, 2.24) is 4.98 Å². The van der Waals surface area contributed by atoms with Gasteiger partial charge in [0.1, 0.15) is 0 Å². The van der Waals surface area contributed by atoms with Gasteiger partial charge in [0, 0.05) is 28.7 Å². The van der Waals surface area contributed by atoms with E-state index in [2.05, 4.69) is 20.9 Å². The highest BCUT2D eigenvalue weighted by atomic mass is 79.9. The van der Waals surface area contributed by atoms with Crippen LogP contribution < -0.4 is 0 Å². The SMILES string of the molecule is [2H]C([2H])([2H])C([2H])(C([2H])([2H])[2H])C([2H])([2H])c1ccc(Br)cn1. The average molecular weight is 223 g/mol. The van der Waals surface area contributed by atoms with Crippen LogP contribution in [0.15, 0.2) is 22.8 Å². The van der Waals surface area contributed by atoms with Gasteiger partial charge in [-0.1, -0.05) is 13.7 Å². The van der Waals surface area contributed by atoms with E-state index in [-0.39, 0.29) is 0 Å². The standard InChI is InChI=1S/C9H12BrN/c1-7(2)5-9-4-3-8(10)6-11-9/h3-4,6-7H,5H2,1-2H3/i1D3,2D3,5D2,7D. The second-order valence-corrected chi connectivity index (χ2v) is 2.78. The quantitative estimate of drug-likeness (QED) is 0.750. The maximum absolute atomic E-state index is 7.88. The molecule has 1 aromatic rings. The summed E-state index contributed by atoms with van der Waals surface area (Å²) in [6.45, 7) is -6.70. The van der Waals surface area contributed by atoms with Crippen molar-refractivity contribution in [1.29, 1.82) is 0 Å². The fourth-order valence-electron chi connectivity index (χ4n) is 0.578. The molecule has 0 aliphatic carbocycles. The predicted molar refractivity (Wildman–Crippen MR) is 50.5 cm³/mol. The van der Waals surface area contributed by atoms with Crippen LogP contribution in [-0.2, 0) is 6.37 Å². The minimum atomic E-state index is -3.35. The summed E-state index contributed by atoms with van der Waals surface area (Å²) in [6.07, 6.45) is -1.77.